The van der Waals surface area contributed by atoms with E-state index in [2.05, 4.69) is 45.5 Å². The maximum Gasteiger partial charge on any atom is 0.213 e. The molecule has 0 atom stereocenters. The highest BCUT2D eigenvalue weighted by Gasteiger charge is 2.12. The van der Waals surface area contributed by atoms with Crippen molar-refractivity contribution < 1.29 is 18.3 Å². The normalized spacial score (nSPS) is 10.7. The average molecular weight is 788 g/mol. The Balaban J connectivity index is 0.000000180. The minimum Gasteiger partial charge on any atom is -0.481 e. The number of aromatic nitrogens is 7. The van der Waals surface area contributed by atoms with Crippen molar-refractivity contribution in [3.63, 3.8) is 0 Å². The van der Waals surface area contributed by atoms with Crippen LogP contribution < -0.4 is 15.4 Å². The summed E-state index contributed by atoms with van der Waals surface area (Å²) in [5, 5.41) is 6.58. The van der Waals surface area contributed by atoms with Crippen molar-refractivity contribution in [3.8, 4) is 50.6 Å². The average Bonchev–Trinajstić information content (AvgIpc) is 3.27. The molecule has 0 aliphatic carbocycles. The molecule has 0 aliphatic heterocycles. The monoisotopic (exact) mass is 787 g/mol. The number of halogens is 2. The van der Waals surface area contributed by atoms with Gasteiger partial charge in [-0.15, -0.1) is 0 Å². The van der Waals surface area contributed by atoms with Crippen molar-refractivity contribution in [2.24, 2.45) is 0 Å². The minimum atomic E-state index is -0.304. The van der Waals surface area contributed by atoms with Gasteiger partial charge in [0.25, 0.3) is 0 Å². The van der Waals surface area contributed by atoms with Gasteiger partial charge in [-0.3, -0.25) is 19.9 Å². The van der Waals surface area contributed by atoms with E-state index in [4.69, 9.17) is 9.47 Å². The van der Waals surface area contributed by atoms with Gasteiger partial charge in [-0.1, -0.05) is 24.3 Å². The van der Waals surface area contributed by atoms with Crippen molar-refractivity contribution in [1.82, 2.24) is 34.9 Å². The number of anilines is 4. The van der Waals surface area contributed by atoms with Crippen molar-refractivity contribution in [3.05, 3.63) is 170 Å². The van der Waals surface area contributed by atoms with Crippen molar-refractivity contribution in [2.75, 3.05) is 24.4 Å². The van der Waals surface area contributed by atoms with Crippen LogP contribution in [0.5, 0.6) is 5.88 Å². The van der Waals surface area contributed by atoms with Crippen LogP contribution in [0.25, 0.3) is 44.8 Å². The van der Waals surface area contributed by atoms with E-state index in [1.165, 1.54) is 12.1 Å². The second-order valence-corrected chi connectivity index (χ2v) is 13.0. The third kappa shape index (κ3) is 10.3. The molecule has 6 aromatic heterocycles. The van der Waals surface area contributed by atoms with Crippen LogP contribution in [-0.4, -0.2) is 48.6 Å². The lowest BCUT2D eigenvalue weighted by atomic mass is 10.0. The number of benzene rings is 2. The molecular formula is C46H39F2N9O2. The number of hydrogen-bond acceptors (Lipinski definition) is 11. The Morgan fingerprint density at radius 2 is 1.17 bits per heavy atom. The molecule has 0 radical (unpaired) electrons. The number of pyridine rings is 5. The zero-order valence-corrected chi connectivity index (χ0v) is 32.5. The van der Waals surface area contributed by atoms with Gasteiger partial charge in [-0.2, -0.15) is 0 Å². The third-order valence-electron chi connectivity index (χ3n) is 8.91. The fraction of sp³-hybridized carbons (Fsp3) is 0.109. The van der Waals surface area contributed by atoms with Crippen molar-refractivity contribution >= 4 is 22.9 Å². The van der Waals surface area contributed by atoms with E-state index < -0.39 is 0 Å². The smallest absolute Gasteiger partial charge is 0.213 e. The van der Waals surface area contributed by atoms with Gasteiger partial charge in [-0.25, -0.2) is 23.7 Å². The Bertz CT molecular complexity index is 2660. The van der Waals surface area contributed by atoms with Crippen LogP contribution in [0, 0.1) is 18.6 Å². The lowest BCUT2D eigenvalue weighted by Gasteiger charge is -2.12. The number of methoxy groups -OCH3 is 1. The third-order valence-corrected chi connectivity index (χ3v) is 8.91. The molecule has 0 spiro atoms. The molecule has 8 aromatic rings. The summed E-state index contributed by atoms with van der Waals surface area (Å²) >= 11 is 0. The standard InChI is InChI=1S/C24H22FN5O.C22H17FN4O/c1-3-31-15-19-13-28-16(2)29-24(19)30-20-10-18(12-26-14-20)17-8-9-27-23(11-17)21-6-4-5-7-22(21)25;1-28-22-7-6-17(14-26-22)27-18-10-16(12-24-13-18)15-8-9-25-21(11-15)19-4-2-3-5-20(19)23/h4-14H,3,15H2,1-2H3,(H,28,29,30);2-14,27H,1H3. The summed E-state index contributed by atoms with van der Waals surface area (Å²) in [4.78, 5) is 30.2. The molecule has 13 heteroatoms. The van der Waals surface area contributed by atoms with Gasteiger partial charge in [-0.05, 0) is 91.7 Å². The highest BCUT2D eigenvalue weighted by atomic mass is 19.1. The summed E-state index contributed by atoms with van der Waals surface area (Å²) in [6.07, 6.45) is 13.8. The van der Waals surface area contributed by atoms with Crippen LogP contribution in [0.15, 0.2) is 147 Å². The van der Waals surface area contributed by atoms with Crippen LogP contribution in [0.3, 0.4) is 0 Å². The molecule has 6 heterocycles. The zero-order valence-electron chi connectivity index (χ0n) is 32.5. The highest BCUT2D eigenvalue weighted by Crippen LogP contribution is 2.30. The van der Waals surface area contributed by atoms with Crippen LogP contribution in [0.4, 0.5) is 31.7 Å². The second kappa shape index (κ2) is 19.1. The topological polar surface area (TPSA) is 133 Å². The van der Waals surface area contributed by atoms with Gasteiger partial charge in [0.15, 0.2) is 0 Å². The zero-order chi connectivity index (χ0) is 41.0. The predicted octanol–water partition coefficient (Wildman–Crippen LogP) is 10.4. The van der Waals surface area contributed by atoms with Gasteiger partial charge in [0.2, 0.25) is 5.88 Å². The van der Waals surface area contributed by atoms with Gasteiger partial charge in [0.1, 0.15) is 23.3 Å². The molecule has 0 saturated carbocycles. The number of aryl methyl sites for hydroxylation is 1. The molecule has 0 saturated heterocycles. The fourth-order valence-electron chi connectivity index (χ4n) is 5.98. The number of hydrogen-bond donors (Lipinski definition) is 2. The molecule has 11 nitrogen and oxygen atoms in total. The lowest BCUT2D eigenvalue weighted by molar-refractivity contribution is 0.134. The summed E-state index contributed by atoms with van der Waals surface area (Å²) in [5.74, 6) is 1.29. The molecule has 0 amide bonds. The van der Waals surface area contributed by atoms with E-state index in [9.17, 15) is 8.78 Å². The highest BCUT2D eigenvalue weighted by molar-refractivity contribution is 5.75. The Morgan fingerprint density at radius 1 is 0.576 bits per heavy atom. The number of ether oxygens (including phenoxy) is 2. The summed E-state index contributed by atoms with van der Waals surface area (Å²) in [7, 11) is 1.58. The summed E-state index contributed by atoms with van der Waals surface area (Å²) in [6, 6.07) is 28.3. The first kappa shape index (κ1) is 39.7. The number of nitrogens with one attached hydrogen (secondary N) is 2. The first-order chi connectivity index (χ1) is 28.9. The maximum atomic E-state index is 14.2. The van der Waals surface area contributed by atoms with Gasteiger partial charge < -0.3 is 20.1 Å². The van der Waals surface area contributed by atoms with Crippen LogP contribution in [-0.2, 0) is 11.3 Å². The molecule has 2 N–H and O–H groups in total. The van der Waals surface area contributed by atoms with E-state index in [1.807, 2.05) is 56.3 Å². The SMILES string of the molecule is CCOCc1cnc(C)nc1Nc1cncc(-c2ccnc(-c3ccccc3F)c2)c1.COc1ccc(Nc2cncc(-c3ccnc(-c4ccccc4F)c3)c2)cn1. The van der Waals surface area contributed by atoms with Gasteiger partial charge in [0.05, 0.1) is 60.8 Å². The predicted molar refractivity (Wildman–Crippen MR) is 225 cm³/mol. The molecule has 8 rings (SSSR count). The van der Waals surface area contributed by atoms with E-state index in [1.54, 1.807) is 99.1 Å². The number of rotatable bonds is 12. The molecule has 0 unspecified atom stereocenters. The van der Waals surface area contributed by atoms with Crippen LogP contribution in [0.1, 0.15) is 18.3 Å². The Hall–Kier alpha value is -7.51. The second-order valence-electron chi connectivity index (χ2n) is 13.0. The van der Waals surface area contributed by atoms with Crippen molar-refractivity contribution in [1.29, 1.82) is 0 Å². The first-order valence-corrected chi connectivity index (χ1v) is 18.6. The first-order valence-electron chi connectivity index (χ1n) is 18.6. The van der Waals surface area contributed by atoms with E-state index in [0.717, 1.165) is 44.9 Å². The van der Waals surface area contributed by atoms with E-state index >= 15 is 0 Å². The Kier molecular flexibility index (Phi) is 12.8. The van der Waals surface area contributed by atoms with E-state index in [0.29, 0.717) is 53.3 Å². The molecule has 0 fully saturated rings. The summed E-state index contributed by atoms with van der Waals surface area (Å²) in [5.41, 5.74) is 8.91. The molecule has 294 valence electrons. The Morgan fingerprint density at radius 3 is 1.71 bits per heavy atom. The van der Waals surface area contributed by atoms with Gasteiger partial charge >= 0.3 is 0 Å². The summed E-state index contributed by atoms with van der Waals surface area (Å²) in [6.45, 7) is 4.81. The molecular weight excluding hydrogens is 749 g/mol. The van der Waals surface area contributed by atoms with Crippen molar-refractivity contribution in [2.45, 2.75) is 20.5 Å². The summed E-state index contributed by atoms with van der Waals surface area (Å²) < 4.78 is 38.9. The van der Waals surface area contributed by atoms with Crippen LogP contribution in [0.2, 0.25) is 0 Å². The fourth-order valence-corrected chi connectivity index (χ4v) is 5.98. The molecule has 59 heavy (non-hydrogen) atoms. The molecule has 2 aromatic carbocycles. The number of nitrogens with zero attached hydrogens (tertiary/aromatic N) is 7. The van der Waals surface area contributed by atoms with Crippen LogP contribution >= 0.6 is 0 Å². The van der Waals surface area contributed by atoms with Gasteiger partial charge in [0, 0.05) is 71.5 Å². The quantitative estimate of drug-likeness (QED) is 0.123. The van der Waals surface area contributed by atoms with E-state index in [-0.39, 0.29) is 11.6 Å². The molecule has 0 bridgehead atoms. The molecule has 0 aliphatic rings. The lowest BCUT2D eigenvalue weighted by Crippen LogP contribution is -2.04. The minimum absolute atomic E-state index is 0.298. The Labute approximate surface area is 340 Å². The largest absolute Gasteiger partial charge is 0.481 e. The maximum absolute atomic E-state index is 14.2.